The van der Waals surface area contributed by atoms with E-state index in [1.165, 1.54) is 18.3 Å². The normalized spacial score (nSPS) is 10.8. The van der Waals surface area contributed by atoms with Crippen molar-refractivity contribution in [2.75, 3.05) is 6.61 Å². The smallest absolute Gasteiger partial charge is 0.271 e. The minimum atomic E-state index is -0.516. The number of amides is 1. The average molecular weight is 427 g/mol. The Morgan fingerprint density at radius 1 is 1.03 bits per heavy atom. The maximum atomic E-state index is 13.7. The minimum Gasteiger partial charge on any atom is -0.494 e. The van der Waals surface area contributed by atoms with Crippen LogP contribution < -0.4 is 14.9 Å². The van der Waals surface area contributed by atoms with Gasteiger partial charge in [0.25, 0.3) is 5.91 Å². The summed E-state index contributed by atoms with van der Waals surface area (Å²) in [5, 5.41) is 3.99. The zero-order valence-electron chi connectivity index (χ0n) is 16.3. The molecule has 154 valence electrons. The topological polar surface area (TPSA) is 59.9 Å². The Hall–Kier alpha value is -3.38. The van der Waals surface area contributed by atoms with Crippen LogP contribution in [0, 0.1) is 5.82 Å². The van der Waals surface area contributed by atoms with E-state index in [0.717, 1.165) is 17.1 Å². The number of hydrogen-bond acceptors (Lipinski definition) is 4. The summed E-state index contributed by atoms with van der Waals surface area (Å²) in [6.07, 6.45) is 1.18. The summed E-state index contributed by atoms with van der Waals surface area (Å²) in [6, 6.07) is 18.6. The molecule has 0 aromatic heterocycles. The lowest BCUT2D eigenvalue weighted by Gasteiger charge is -2.08. The first-order chi connectivity index (χ1) is 14.6. The number of hydrazone groups is 1. The van der Waals surface area contributed by atoms with E-state index >= 15 is 0 Å². The fraction of sp³-hybridized carbons (Fsp3) is 0.130. The molecule has 0 saturated carbocycles. The molecule has 3 aromatic carbocycles. The molecule has 30 heavy (non-hydrogen) atoms. The predicted molar refractivity (Wildman–Crippen MR) is 115 cm³/mol. The summed E-state index contributed by atoms with van der Waals surface area (Å²) in [7, 11) is 0. The first-order valence-corrected chi connectivity index (χ1v) is 9.66. The number of nitrogens with one attached hydrogen (secondary N) is 1. The average Bonchev–Trinajstić information content (AvgIpc) is 2.76. The zero-order valence-corrected chi connectivity index (χ0v) is 17.0. The molecule has 0 bridgehead atoms. The number of benzene rings is 3. The predicted octanol–water partition coefficient (Wildman–Crippen LogP) is 5.22. The molecular formula is C23H20ClFN2O3. The van der Waals surface area contributed by atoms with Gasteiger partial charge in [-0.2, -0.15) is 5.10 Å². The molecule has 0 aliphatic heterocycles. The van der Waals surface area contributed by atoms with Gasteiger partial charge in [-0.25, -0.2) is 9.82 Å². The molecule has 0 unspecified atom stereocenters. The van der Waals surface area contributed by atoms with Gasteiger partial charge in [0.05, 0.1) is 17.8 Å². The summed E-state index contributed by atoms with van der Waals surface area (Å²) >= 11 is 5.91. The van der Waals surface area contributed by atoms with Crippen molar-refractivity contribution in [3.8, 4) is 11.5 Å². The Labute approximate surface area is 179 Å². The number of rotatable bonds is 8. The van der Waals surface area contributed by atoms with E-state index in [0.29, 0.717) is 18.8 Å². The van der Waals surface area contributed by atoms with Gasteiger partial charge >= 0.3 is 0 Å². The number of carbonyl (C=O) groups excluding carboxylic acids is 1. The van der Waals surface area contributed by atoms with Crippen LogP contribution in [0.4, 0.5) is 4.39 Å². The molecular weight excluding hydrogens is 407 g/mol. The van der Waals surface area contributed by atoms with E-state index in [4.69, 9.17) is 21.1 Å². The first kappa shape index (κ1) is 21.3. The molecule has 1 N–H and O–H groups in total. The molecule has 0 aliphatic carbocycles. The third-order valence-corrected chi connectivity index (χ3v) is 4.45. The highest BCUT2D eigenvalue weighted by Crippen LogP contribution is 2.19. The van der Waals surface area contributed by atoms with Crippen LogP contribution in [0.1, 0.15) is 28.4 Å². The van der Waals surface area contributed by atoms with Crippen molar-refractivity contribution in [1.82, 2.24) is 5.43 Å². The van der Waals surface area contributed by atoms with E-state index in [-0.39, 0.29) is 10.6 Å². The van der Waals surface area contributed by atoms with Crippen molar-refractivity contribution < 1.29 is 18.7 Å². The van der Waals surface area contributed by atoms with Gasteiger partial charge in [0.15, 0.2) is 0 Å². The summed E-state index contributed by atoms with van der Waals surface area (Å²) in [6.45, 7) is 2.90. The molecule has 1 amide bonds. The van der Waals surface area contributed by atoms with Gasteiger partial charge in [0, 0.05) is 11.1 Å². The SMILES string of the molecule is CCOc1ccc(OCc2ccc(C(=O)N/N=C\c3c(F)cccc3Cl)cc2)cc1. The second-order valence-corrected chi connectivity index (χ2v) is 6.63. The number of nitrogens with zero attached hydrogens (tertiary/aromatic N) is 1. The van der Waals surface area contributed by atoms with Crippen LogP contribution in [0.25, 0.3) is 0 Å². The van der Waals surface area contributed by atoms with Crippen LogP contribution >= 0.6 is 11.6 Å². The Morgan fingerprint density at radius 3 is 2.33 bits per heavy atom. The van der Waals surface area contributed by atoms with Crippen LogP contribution in [0.5, 0.6) is 11.5 Å². The van der Waals surface area contributed by atoms with E-state index in [9.17, 15) is 9.18 Å². The lowest BCUT2D eigenvalue weighted by Crippen LogP contribution is -2.17. The highest BCUT2D eigenvalue weighted by atomic mass is 35.5. The van der Waals surface area contributed by atoms with Crippen LogP contribution in [0.3, 0.4) is 0 Å². The molecule has 0 aliphatic rings. The molecule has 0 fully saturated rings. The van der Waals surface area contributed by atoms with Crippen LogP contribution in [-0.2, 0) is 6.61 Å². The van der Waals surface area contributed by atoms with Crippen molar-refractivity contribution in [2.45, 2.75) is 13.5 Å². The third kappa shape index (κ3) is 5.81. The molecule has 0 radical (unpaired) electrons. The lowest BCUT2D eigenvalue weighted by atomic mass is 10.1. The quantitative estimate of drug-likeness (QED) is 0.397. The van der Waals surface area contributed by atoms with Crippen LogP contribution in [0.2, 0.25) is 5.02 Å². The zero-order chi connectivity index (χ0) is 21.3. The van der Waals surface area contributed by atoms with Gasteiger partial charge in [-0.3, -0.25) is 4.79 Å². The van der Waals surface area contributed by atoms with Gasteiger partial charge in [-0.15, -0.1) is 0 Å². The van der Waals surface area contributed by atoms with Crippen LogP contribution in [-0.4, -0.2) is 18.7 Å². The Morgan fingerprint density at radius 2 is 1.70 bits per heavy atom. The number of hydrogen-bond donors (Lipinski definition) is 1. The molecule has 3 rings (SSSR count). The van der Waals surface area contributed by atoms with Gasteiger partial charge in [0.2, 0.25) is 0 Å². The maximum absolute atomic E-state index is 13.7. The van der Waals surface area contributed by atoms with E-state index in [2.05, 4.69) is 10.5 Å². The van der Waals surface area contributed by atoms with Crippen molar-refractivity contribution in [2.24, 2.45) is 5.10 Å². The van der Waals surface area contributed by atoms with Crippen molar-refractivity contribution >= 4 is 23.7 Å². The summed E-state index contributed by atoms with van der Waals surface area (Å²) in [4.78, 5) is 12.2. The number of ether oxygens (including phenoxy) is 2. The monoisotopic (exact) mass is 426 g/mol. The largest absolute Gasteiger partial charge is 0.494 e. The Balaban J connectivity index is 1.53. The lowest BCUT2D eigenvalue weighted by molar-refractivity contribution is 0.0955. The van der Waals surface area contributed by atoms with Gasteiger partial charge in [0.1, 0.15) is 23.9 Å². The number of halogens is 2. The van der Waals surface area contributed by atoms with Gasteiger partial charge in [-0.1, -0.05) is 29.8 Å². The maximum Gasteiger partial charge on any atom is 0.271 e. The molecule has 0 spiro atoms. The highest BCUT2D eigenvalue weighted by Gasteiger charge is 2.06. The second kappa shape index (κ2) is 10.4. The summed E-state index contributed by atoms with van der Waals surface area (Å²) in [5.41, 5.74) is 3.79. The summed E-state index contributed by atoms with van der Waals surface area (Å²) < 4.78 is 24.8. The minimum absolute atomic E-state index is 0.112. The molecule has 0 heterocycles. The molecule has 0 saturated heterocycles. The Bertz CT molecular complexity index is 1000. The van der Waals surface area contributed by atoms with Crippen LogP contribution in [0.15, 0.2) is 71.8 Å². The molecule has 3 aromatic rings. The summed E-state index contributed by atoms with van der Waals surface area (Å²) in [5.74, 6) is 0.580. The fourth-order valence-corrected chi connectivity index (χ4v) is 2.78. The molecule has 7 heteroatoms. The number of carbonyl (C=O) groups is 1. The van der Waals surface area contributed by atoms with Gasteiger partial charge < -0.3 is 9.47 Å². The highest BCUT2D eigenvalue weighted by molar-refractivity contribution is 6.33. The second-order valence-electron chi connectivity index (χ2n) is 6.22. The van der Waals surface area contributed by atoms with Crippen molar-refractivity contribution in [3.05, 3.63) is 94.3 Å². The fourth-order valence-electron chi connectivity index (χ4n) is 2.57. The Kier molecular flexibility index (Phi) is 7.40. The first-order valence-electron chi connectivity index (χ1n) is 9.29. The van der Waals surface area contributed by atoms with E-state index in [1.807, 2.05) is 31.2 Å². The van der Waals surface area contributed by atoms with Crippen molar-refractivity contribution in [1.29, 1.82) is 0 Å². The standard InChI is InChI=1S/C23H20ClFN2O3/c1-2-29-18-10-12-19(13-11-18)30-15-16-6-8-17(9-7-16)23(28)27-26-14-20-21(24)4-3-5-22(20)25/h3-14H,2,15H2,1H3,(H,27,28)/b26-14-. The van der Waals surface area contributed by atoms with E-state index < -0.39 is 11.7 Å². The molecule has 5 nitrogen and oxygen atoms in total. The van der Waals surface area contributed by atoms with E-state index in [1.54, 1.807) is 30.3 Å². The third-order valence-electron chi connectivity index (χ3n) is 4.12. The van der Waals surface area contributed by atoms with Crippen molar-refractivity contribution in [3.63, 3.8) is 0 Å². The van der Waals surface area contributed by atoms with Gasteiger partial charge in [-0.05, 0) is 61.0 Å². The molecule has 0 atom stereocenters.